The van der Waals surface area contributed by atoms with Crippen LogP contribution in [-0.4, -0.2) is 45.7 Å². The average Bonchev–Trinajstić information content (AvgIpc) is 3.47. The standard InChI is InChI=1S/C23H24N6O3/c1-13-6-8-16(9-7-13)28-12-15(11-20(28)30)21(31)25-19-10-14(2)27-29(19)23-24-18-5-3-4-17(18)22(32)26-23/h6-10,15,17H,3-5,11-12H2,1-2H3,(H,25,31). The van der Waals surface area contributed by atoms with Crippen molar-refractivity contribution in [1.82, 2.24) is 9.78 Å². The van der Waals surface area contributed by atoms with Gasteiger partial charge in [0.25, 0.3) is 11.9 Å². The number of nitrogens with one attached hydrogen (secondary N) is 1. The Labute approximate surface area is 185 Å². The first-order chi connectivity index (χ1) is 15.4. The van der Waals surface area contributed by atoms with E-state index in [1.54, 1.807) is 17.9 Å². The maximum absolute atomic E-state index is 13.0. The van der Waals surface area contributed by atoms with Gasteiger partial charge < -0.3 is 10.2 Å². The first kappa shape index (κ1) is 20.3. The van der Waals surface area contributed by atoms with Crippen molar-refractivity contribution in [2.45, 2.75) is 39.5 Å². The Hall–Kier alpha value is -3.62. The summed E-state index contributed by atoms with van der Waals surface area (Å²) in [6, 6.07) is 9.37. The molecule has 5 rings (SSSR count). The highest BCUT2D eigenvalue weighted by molar-refractivity contribution is 6.17. The highest BCUT2D eigenvalue weighted by Crippen LogP contribution is 2.29. The lowest BCUT2D eigenvalue weighted by Crippen LogP contribution is -2.31. The Morgan fingerprint density at radius 2 is 1.91 bits per heavy atom. The third-order valence-electron chi connectivity index (χ3n) is 6.19. The lowest BCUT2D eigenvalue weighted by molar-refractivity contribution is -0.122. The number of fused-ring (bicyclic) bond motifs is 1. The molecule has 1 aromatic carbocycles. The second-order valence-corrected chi connectivity index (χ2v) is 8.61. The monoisotopic (exact) mass is 432 g/mol. The van der Waals surface area contributed by atoms with Gasteiger partial charge in [-0.15, -0.1) is 0 Å². The smallest absolute Gasteiger partial charge is 0.257 e. The lowest BCUT2D eigenvalue weighted by Gasteiger charge is -2.17. The molecule has 1 N–H and O–H groups in total. The van der Waals surface area contributed by atoms with Crippen LogP contribution in [0.25, 0.3) is 0 Å². The quantitative estimate of drug-likeness (QED) is 0.803. The van der Waals surface area contributed by atoms with Crippen LogP contribution in [0.3, 0.4) is 0 Å². The number of carbonyl (C=O) groups is 3. The van der Waals surface area contributed by atoms with Gasteiger partial charge in [-0.2, -0.15) is 14.8 Å². The molecule has 0 spiro atoms. The molecular weight excluding hydrogens is 408 g/mol. The third-order valence-corrected chi connectivity index (χ3v) is 6.19. The number of carbonyl (C=O) groups excluding carboxylic acids is 3. The van der Waals surface area contributed by atoms with E-state index in [1.807, 2.05) is 31.2 Å². The summed E-state index contributed by atoms with van der Waals surface area (Å²) < 4.78 is 1.40. The van der Waals surface area contributed by atoms with Crippen molar-refractivity contribution in [3.8, 4) is 0 Å². The highest BCUT2D eigenvalue weighted by atomic mass is 16.2. The van der Waals surface area contributed by atoms with Crippen molar-refractivity contribution in [2.75, 3.05) is 16.8 Å². The van der Waals surface area contributed by atoms with Gasteiger partial charge in [0.1, 0.15) is 5.82 Å². The van der Waals surface area contributed by atoms with Crippen LogP contribution in [0.2, 0.25) is 0 Å². The lowest BCUT2D eigenvalue weighted by atomic mass is 10.1. The van der Waals surface area contributed by atoms with Crippen LogP contribution in [0.4, 0.5) is 11.5 Å². The van der Waals surface area contributed by atoms with Gasteiger partial charge in [-0.1, -0.05) is 17.7 Å². The van der Waals surface area contributed by atoms with Gasteiger partial charge in [-0.05, 0) is 45.2 Å². The summed E-state index contributed by atoms with van der Waals surface area (Å²) in [7, 11) is 0. The molecule has 2 atom stereocenters. The van der Waals surface area contributed by atoms with E-state index in [0.29, 0.717) is 18.1 Å². The summed E-state index contributed by atoms with van der Waals surface area (Å²) in [5.74, 6) is -0.707. The van der Waals surface area contributed by atoms with Gasteiger partial charge >= 0.3 is 0 Å². The van der Waals surface area contributed by atoms with E-state index in [0.717, 1.165) is 36.2 Å². The van der Waals surface area contributed by atoms with Crippen LogP contribution in [0, 0.1) is 25.7 Å². The van der Waals surface area contributed by atoms with Gasteiger partial charge in [-0.3, -0.25) is 14.4 Å². The van der Waals surface area contributed by atoms with Crippen LogP contribution in [-0.2, 0) is 14.4 Å². The fourth-order valence-corrected chi connectivity index (χ4v) is 4.48. The molecule has 2 aromatic rings. The minimum absolute atomic E-state index is 0.0837. The van der Waals surface area contributed by atoms with Gasteiger partial charge in [0.05, 0.1) is 17.5 Å². The van der Waals surface area contributed by atoms with Crippen LogP contribution in [0.15, 0.2) is 40.3 Å². The number of rotatable bonds is 3. The molecule has 2 fully saturated rings. The maximum Gasteiger partial charge on any atom is 0.257 e. The van der Waals surface area contributed by atoms with Crippen LogP contribution >= 0.6 is 0 Å². The summed E-state index contributed by atoms with van der Waals surface area (Å²) in [5, 5.41) is 7.25. The zero-order chi connectivity index (χ0) is 22.4. The van der Waals surface area contributed by atoms with Crippen LogP contribution in [0.5, 0.6) is 0 Å². The molecule has 1 aliphatic carbocycles. The number of aliphatic imine (C=N–C) groups is 2. The number of hydrogen-bond acceptors (Lipinski definition) is 5. The Balaban J connectivity index is 1.34. The average molecular weight is 432 g/mol. The summed E-state index contributed by atoms with van der Waals surface area (Å²) in [4.78, 5) is 48.3. The van der Waals surface area contributed by atoms with E-state index >= 15 is 0 Å². The summed E-state index contributed by atoms with van der Waals surface area (Å²) in [6.45, 7) is 4.09. The van der Waals surface area contributed by atoms with E-state index in [-0.39, 0.29) is 36.0 Å². The van der Waals surface area contributed by atoms with E-state index in [4.69, 9.17) is 0 Å². The van der Waals surface area contributed by atoms with Crippen molar-refractivity contribution in [3.63, 3.8) is 0 Å². The predicted molar refractivity (Wildman–Crippen MR) is 120 cm³/mol. The predicted octanol–water partition coefficient (Wildman–Crippen LogP) is 2.48. The van der Waals surface area contributed by atoms with E-state index in [9.17, 15) is 14.4 Å². The zero-order valence-corrected chi connectivity index (χ0v) is 18.0. The first-order valence-electron chi connectivity index (χ1n) is 10.8. The summed E-state index contributed by atoms with van der Waals surface area (Å²) in [5.41, 5.74) is 3.39. The molecule has 1 aromatic heterocycles. The summed E-state index contributed by atoms with van der Waals surface area (Å²) in [6.07, 6.45) is 2.61. The molecular formula is C23H24N6O3. The van der Waals surface area contributed by atoms with Gasteiger partial charge in [0.15, 0.2) is 0 Å². The second kappa shape index (κ2) is 7.81. The molecule has 164 valence electrons. The molecule has 0 bridgehead atoms. The first-order valence-corrected chi connectivity index (χ1v) is 10.8. The van der Waals surface area contributed by atoms with E-state index < -0.39 is 5.92 Å². The van der Waals surface area contributed by atoms with Crippen LogP contribution < -0.4 is 10.2 Å². The molecule has 32 heavy (non-hydrogen) atoms. The van der Waals surface area contributed by atoms with Crippen molar-refractivity contribution in [3.05, 3.63) is 41.6 Å². The Kier molecular flexibility index (Phi) is 4.96. The van der Waals surface area contributed by atoms with Gasteiger partial charge in [-0.25, -0.2) is 4.99 Å². The third kappa shape index (κ3) is 3.63. The number of amides is 3. The molecule has 9 heteroatoms. The Morgan fingerprint density at radius 3 is 2.69 bits per heavy atom. The molecule has 1 saturated heterocycles. The Bertz CT molecular complexity index is 1180. The van der Waals surface area contributed by atoms with Gasteiger partial charge in [0.2, 0.25) is 11.8 Å². The fraction of sp³-hybridized carbons (Fsp3) is 0.391. The molecule has 2 unspecified atom stereocenters. The zero-order valence-electron chi connectivity index (χ0n) is 18.0. The Morgan fingerprint density at radius 1 is 1.12 bits per heavy atom. The minimum atomic E-state index is -0.493. The normalized spacial score (nSPS) is 22.6. The maximum atomic E-state index is 13.0. The fourth-order valence-electron chi connectivity index (χ4n) is 4.48. The van der Waals surface area contributed by atoms with Crippen LogP contribution in [0.1, 0.15) is 36.9 Å². The van der Waals surface area contributed by atoms with Crippen molar-refractivity contribution in [1.29, 1.82) is 0 Å². The molecule has 3 amide bonds. The van der Waals surface area contributed by atoms with Crippen molar-refractivity contribution >= 4 is 40.9 Å². The van der Waals surface area contributed by atoms with Gasteiger partial charge in [0, 0.05) is 30.4 Å². The topological polar surface area (TPSA) is 109 Å². The number of benzene rings is 1. The molecule has 0 radical (unpaired) electrons. The van der Waals surface area contributed by atoms with E-state index in [1.165, 1.54) is 4.68 Å². The largest absolute Gasteiger partial charge is 0.312 e. The molecule has 3 heterocycles. The van der Waals surface area contributed by atoms with Crippen molar-refractivity contribution in [2.24, 2.45) is 21.8 Å². The number of nitrogens with zero attached hydrogens (tertiary/aromatic N) is 5. The molecule has 3 aliphatic rings. The minimum Gasteiger partial charge on any atom is -0.312 e. The summed E-state index contributed by atoms with van der Waals surface area (Å²) >= 11 is 0. The molecule has 1 saturated carbocycles. The number of anilines is 2. The highest BCUT2D eigenvalue weighted by Gasteiger charge is 2.36. The van der Waals surface area contributed by atoms with Crippen molar-refractivity contribution < 1.29 is 14.4 Å². The number of aryl methyl sites for hydroxylation is 2. The molecule has 9 nitrogen and oxygen atoms in total. The SMILES string of the molecule is Cc1ccc(N2CC(C(=O)Nc3cc(C)nn3C3=NC(=O)C4CCCC4=N3)CC2=O)cc1. The number of hydrogen-bond donors (Lipinski definition) is 1. The molecule has 2 aliphatic heterocycles. The number of aromatic nitrogens is 2. The second-order valence-electron chi connectivity index (χ2n) is 8.61. The van der Waals surface area contributed by atoms with E-state index in [2.05, 4.69) is 20.4 Å².